The molecular weight excluding hydrogens is 240 g/mol. The van der Waals surface area contributed by atoms with Crippen LogP contribution in [0.1, 0.15) is 12.0 Å². The van der Waals surface area contributed by atoms with Crippen LogP contribution >= 0.6 is 0 Å². The second-order valence-corrected chi connectivity index (χ2v) is 4.87. The van der Waals surface area contributed by atoms with Gasteiger partial charge in [-0.25, -0.2) is 0 Å². The van der Waals surface area contributed by atoms with Crippen LogP contribution < -0.4 is 5.32 Å². The van der Waals surface area contributed by atoms with E-state index in [1.54, 1.807) is 0 Å². The van der Waals surface area contributed by atoms with Crippen LogP contribution in [0.4, 0.5) is 0 Å². The molecule has 19 heavy (non-hydrogen) atoms. The highest BCUT2D eigenvalue weighted by Crippen LogP contribution is 2.12. The Morgan fingerprint density at radius 1 is 1.32 bits per heavy atom. The maximum atomic E-state index is 12.0. The summed E-state index contributed by atoms with van der Waals surface area (Å²) in [7, 11) is 1.47. The minimum absolute atomic E-state index is 0.134. The Balaban J connectivity index is 2.08. The maximum Gasteiger partial charge on any atom is 0.323 e. The van der Waals surface area contributed by atoms with E-state index in [4.69, 9.17) is 4.74 Å². The number of hydrogen-bond donors (Lipinski definition) is 1. The predicted molar refractivity (Wildman–Crippen MR) is 75.0 cm³/mol. The van der Waals surface area contributed by atoms with E-state index in [1.165, 1.54) is 12.7 Å². The molecule has 104 valence electrons. The smallest absolute Gasteiger partial charge is 0.323 e. The first-order chi connectivity index (χ1) is 9.31. The average molecular weight is 262 g/mol. The summed E-state index contributed by atoms with van der Waals surface area (Å²) in [5.74, 6) is -0.134. The van der Waals surface area contributed by atoms with Crippen molar-refractivity contribution in [3.05, 3.63) is 35.9 Å². The van der Waals surface area contributed by atoms with Gasteiger partial charge in [0.25, 0.3) is 0 Å². The predicted octanol–water partition coefficient (Wildman–Crippen LogP) is 1.07. The zero-order valence-electron chi connectivity index (χ0n) is 11.5. The monoisotopic (exact) mass is 262 g/mol. The van der Waals surface area contributed by atoms with E-state index >= 15 is 0 Å². The summed E-state index contributed by atoms with van der Waals surface area (Å²) in [4.78, 5) is 14.3. The van der Waals surface area contributed by atoms with Gasteiger partial charge in [0.2, 0.25) is 0 Å². The zero-order valence-corrected chi connectivity index (χ0v) is 11.5. The summed E-state index contributed by atoms with van der Waals surface area (Å²) >= 11 is 0. The topological polar surface area (TPSA) is 41.6 Å². The molecule has 1 N–H and O–H groups in total. The molecule has 0 bridgehead atoms. The fraction of sp³-hybridized carbons (Fsp3) is 0.533. The first-order valence-electron chi connectivity index (χ1n) is 6.88. The number of carbonyl (C=O) groups excluding carboxylic acids is 1. The number of benzene rings is 1. The Bertz CT molecular complexity index is 386. The molecule has 1 heterocycles. The molecule has 0 radical (unpaired) electrons. The first-order valence-corrected chi connectivity index (χ1v) is 6.88. The van der Waals surface area contributed by atoms with Crippen molar-refractivity contribution in [2.75, 3.05) is 33.3 Å². The number of ether oxygens (including phenoxy) is 1. The average Bonchev–Trinajstić information content (AvgIpc) is 2.74. The van der Waals surface area contributed by atoms with Gasteiger partial charge in [0.1, 0.15) is 6.04 Å². The van der Waals surface area contributed by atoms with E-state index < -0.39 is 0 Å². The normalized spacial score (nSPS) is 18.6. The van der Waals surface area contributed by atoms with Crippen LogP contribution in [0.25, 0.3) is 0 Å². The van der Waals surface area contributed by atoms with Crippen molar-refractivity contribution in [1.82, 2.24) is 10.2 Å². The first kappa shape index (κ1) is 14.0. The summed E-state index contributed by atoms with van der Waals surface area (Å²) in [5, 5.41) is 3.36. The van der Waals surface area contributed by atoms with Crippen LogP contribution in [-0.4, -0.2) is 50.2 Å². The summed E-state index contributed by atoms with van der Waals surface area (Å²) in [6.45, 7) is 3.80. The van der Waals surface area contributed by atoms with Gasteiger partial charge in [-0.3, -0.25) is 9.69 Å². The van der Waals surface area contributed by atoms with Crippen LogP contribution in [-0.2, 0) is 16.0 Å². The van der Waals surface area contributed by atoms with Gasteiger partial charge in [-0.1, -0.05) is 30.3 Å². The highest BCUT2D eigenvalue weighted by molar-refractivity contribution is 5.76. The van der Waals surface area contributed by atoms with Crippen LogP contribution in [0.15, 0.2) is 30.3 Å². The molecule has 1 aliphatic rings. The lowest BCUT2D eigenvalue weighted by Gasteiger charge is -2.28. The van der Waals surface area contributed by atoms with E-state index in [2.05, 4.69) is 22.3 Å². The summed E-state index contributed by atoms with van der Waals surface area (Å²) in [6, 6.07) is 9.96. The van der Waals surface area contributed by atoms with Gasteiger partial charge in [-0.2, -0.15) is 0 Å². The molecule has 4 nitrogen and oxygen atoms in total. The number of nitrogens with one attached hydrogen (secondary N) is 1. The van der Waals surface area contributed by atoms with Crippen molar-refractivity contribution >= 4 is 5.97 Å². The maximum absolute atomic E-state index is 12.0. The van der Waals surface area contributed by atoms with Gasteiger partial charge in [0.05, 0.1) is 7.11 Å². The molecule has 1 aromatic rings. The molecule has 0 aliphatic carbocycles. The van der Waals surface area contributed by atoms with Gasteiger partial charge in [-0.15, -0.1) is 0 Å². The quantitative estimate of drug-likeness (QED) is 0.824. The number of methoxy groups -OCH3 is 1. The van der Waals surface area contributed by atoms with E-state index in [-0.39, 0.29) is 12.0 Å². The molecule has 4 heteroatoms. The highest BCUT2D eigenvalue weighted by atomic mass is 16.5. The van der Waals surface area contributed by atoms with Crippen molar-refractivity contribution in [1.29, 1.82) is 0 Å². The van der Waals surface area contributed by atoms with Gasteiger partial charge in [0, 0.05) is 19.6 Å². The molecule has 0 saturated carbocycles. The van der Waals surface area contributed by atoms with Crippen molar-refractivity contribution in [2.45, 2.75) is 18.9 Å². The van der Waals surface area contributed by atoms with Crippen molar-refractivity contribution in [2.24, 2.45) is 0 Å². The Labute approximate surface area is 114 Å². The standard InChI is InChI=1S/C15H22N2O2/c1-19-15(18)14(12-13-6-3-2-4-7-13)17-10-5-8-16-9-11-17/h2-4,6-7,14,16H,5,8-12H2,1H3. The van der Waals surface area contributed by atoms with Crippen LogP contribution in [0.3, 0.4) is 0 Å². The van der Waals surface area contributed by atoms with Gasteiger partial charge >= 0.3 is 5.97 Å². The summed E-state index contributed by atoms with van der Waals surface area (Å²) in [5.41, 5.74) is 1.18. The lowest BCUT2D eigenvalue weighted by Crippen LogP contribution is -2.45. The molecule has 1 unspecified atom stereocenters. The third-order valence-corrected chi connectivity index (χ3v) is 3.56. The SMILES string of the molecule is COC(=O)C(Cc1ccccc1)N1CCCNCC1. The fourth-order valence-electron chi connectivity index (χ4n) is 2.51. The van der Waals surface area contributed by atoms with Crippen molar-refractivity contribution in [3.8, 4) is 0 Å². The summed E-state index contributed by atoms with van der Waals surface area (Å²) in [6.07, 6.45) is 1.79. The third-order valence-electron chi connectivity index (χ3n) is 3.56. The molecule has 1 aromatic carbocycles. The zero-order chi connectivity index (χ0) is 13.5. The van der Waals surface area contributed by atoms with Crippen molar-refractivity contribution < 1.29 is 9.53 Å². The molecule has 1 atom stereocenters. The van der Waals surface area contributed by atoms with Gasteiger partial charge in [-0.05, 0) is 24.9 Å². The lowest BCUT2D eigenvalue weighted by atomic mass is 10.0. The Kier molecular flexibility index (Phi) is 5.36. The molecular formula is C15H22N2O2. The van der Waals surface area contributed by atoms with E-state index in [0.717, 1.165) is 32.6 Å². The number of rotatable bonds is 4. The fourth-order valence-corrected chi connectivity index (χ4v) is 2.51. The molecule has 0 spiro atoms. The van der Waals surface area contributed by atoms with Crippen molar-refractivity contribution in [3.63, 3.8) is 0 Å². The van der Waals surface area contributed by atoms with Crippen LogP contribution in [0.2, 0.25) is 0 Å². The Hall–Kier alpha value is -1.39. The molecule has 1 saturated heterocycles. The highest BCUT2D eigenvalue weighted by Gasteiger charge is 2.27. The number of esters is 1. The molecule has 0 amide bonds. The lowest BCUT2D eigenvalue weighted by molar-refractivity contribution is -0.146. The van der Waals surface area contributed by atoms with Crippen LogP contribution in [0, 0.1) is 0 Å². The Morgan fingerprint density at radius 2 is 2.11 bits per heavy atom. The molecule has 2 rings (SSSR count). The Morgan fingerprint density at radius 3 is 2.84 bits per heavy atom. The van der Waals surface area contributed by atoms with Crippen LogP contribution in [0.5, 0.6) is 0 Å². The minimum atomic E-state index is -0.174. The number of nitrogens with zero attached hydrogens (tertiary/aromatic N) is 1. The summed E-state index contributed by atoms with van der Waals surface area (Å²) < 4.78 is 4.98. The molecule has 1 aliphatic heterocycles. The second kappa shape index (κ2) is 7.26. The van der Waals surface area contributed by atoms with Gasteiger partial charge in [0.15, 0.2) is 0 Å². The van der Waals surface area contributed by atoms with Gasteiger partial charge < -0.3 is 10.1 Å². The second-order valence-electron chi connectivity index (χ2n) is 4.87. The largest absolute Gasteiger partial charge is 0.468 e. The van der Waals surface area contributed by atoms with E-state index in [9.17, 15) is 4.79 Å². The minimum Gasteiger partial charge on any atom is -0.468 e. The molecule has 0 aromatic heterocycles. The number of hydrogen-bond acceptors (Lipinski definition) is 4. The van der Waals surface area contributed by atoms with E-state index in [0.29, 0.717) is 6.42 Å². The molecule has 1 fully saturated rings. The number of carbonyl (C=O) groups is 1. The third kappa shape index (κ3) is 4.04. The van der Waals surface area contributed by atoms with E-state index in [1.807, 2.05) is 18.2 Å².